The minimum atomic E-state index is -0.346. The molecule has 0 saturated carbocycles. The van der Waals surface area contributed by atoms with E-state index in [1.807, 2.05) is 12.1 Å². The summed E-state index contributed by atoms with van der Waals surface area (Å²) in [6, 6.07) is 70.5. The number of amidine groups is 1. The Labute approximate surface area is 346 Å². The third-order valence-electron chi connectivity index (χ3n) is 11.9. The summed E-state index contributed by atoms with van der Waals surface area (Å²) in [6.07, 6.45) is -0.673. The van der Waals surface area contributed by atoms with E-state index in [1.54, 1.807) is 0 Å². The van der Waals surface area contributed by atoms with E-state index in [0.717, 1.165) is 105 Å². The highest BCUT2D eigenvalue weighted by atomic mass is 16.3. The van der Waals surface area contributed by atoms with Gasteiger partial charge in [-0.1, -0.05) is 152 Å². The quantitative estimate of drug-likeness (QED) is 0.177. The zero-order valence-electron chi connectivity index (χ0n) is 32.5. The van der Waals surface area contributed by atoms with Crippen LogP contribution >= 0.6 is 0 Å². The molecule has 0 bridgehead atoms. The second-order valence-electron chi connectivity index (χ2n) is 15.6. The molecule has 0 saturated heterocycles. The number of nitrogens with one attached hydrogen (secondary N) is 2. The SMILES string of the molecule is c1ccc(-c2cccc(C3=NC(c4cccc(-c5ccccc5)c4)NC(c4cc5ccccc5c5oc6ccc(-c7ccc8c(c7)oc7ccccc78)cc6c45)N3)c2)cc1. The molecule has 0 radical (unpaired) electrons. The fourth-order valence-electron chi connectivity index (χ4n) is 8.99. The number of furan rings is 2. The molecule has 9 aromatic carbocycles. The first-order valence-electron chi connectivity index (χ1n) is 20.4. The fraction of sp³-hybridized carbons (Fsp3) is 0.0364. The third kappa shape index (κ3) is 5.86. The molecule has 2 atom stereocenters. The lowest BCUT2D eigenvalue weighted by atomic mass is 9.95. The Bertz CT molecular complexity index is 3460. The second kappa shape index (κ2) is 14.0. The summed E-state index contributed by atoms with van der Waals surface area (Å²) in [4.78, 5) is 5.42. The van der Waals surface area contributed by atoms with Crippen LogP contribution in [0.4, 0.5) is 0 Å². The van der Waals surface area contributed by atoms with Crippen LogP contribution in [0.5, 0.6) is 0 Å². The van der Waals surface area contributed by atoms with Crippen LogP contribution in [0.1, 0.15) is 29.0 Å². The molecule has 2 N–H and O–H groups in total. The summed E-state index contributed by atoms with van der Waals surface area (Å²) in [5.74, 6) is 0.820. The monoisotopic (exact) mass is 771 g/mol. The Kier molecular flexibility index (Phi) is 8.00. The van der Waals surface area contributed by atoms with E-state index >= 15 is 0 Å². The van der Waals surface area contributed by atoms with Crippen LogP contribution in [0.15, 0.2) is 214 Å². The normalized spacial score (nSPS) is 15.5. The van der Waals surface area contributed by atoms with Crippen molar-refractivity contribution in [1.29, 1.82) is 0 Å². The highest BCUT2D eigenvalue weighted by Gasteiger charge is 2.29. The summed E-state index contributed by atoms with van der Waals surface area (Å²) >= 11 is 0. The summed E-state index contributed by atoms with van der Waals surface area (Å²) in [6.45, 7) is 0. The second-order valence-corrected chi connectivity index (χ2v) is 15.6. The Balaban J connectivity index is 1.03. The Hall–Kier alpha value is -7.73. The molecule has 60 heavy (non-hydrogen) atoms. The molecule has 2 unspecified atom stereocenters. The summed E-state index contributed by atoms with van der Waals surface area (Å²) < 4.78 is 13.2. The lowest BCUT2D eigenvalue weighted by Crippen LogP contribution is -2.45. The molecule has 11 aromatic rings. The first kappa shape index (κ1) is 34.3. The summed E-state index contributed by atoms with van der Waals surface area (Å²) in [5, 5.41) is 14.4. The van der Waals surface area contributed by atoms with E-state index in [1.165, 1.54) is 5.56 Å². The Morgan fingerprint density at radius 2 is 1.02 bits per heavy atom. The molecule has 2 aromatic heterocycles. The van der Waals surface area contributed by atoms with Crippen molar-refractivity contribution in [3.63, 3.8) is 0 Å². The van der Waals surface area contributed by atoms with Crippen molar-refractivity contribution in [2.45, 2.75) is 12.3 Å². The Morgan fingerprint density at radius 1 is 0.400 bits per heavy atom. The number of nitrogens with zero attached hydrogens (tertiary/aromatic N) is 1. The zero-order chi connectivity index (χ0) is 39.6. The van der Waals surface area contributed by atoms with Gasteiger partial charge in [0.05, 0.1) is 0 Å². The smallest absolute Gasteiger partial charge is 0.143 e. The van der Waals surface area contributed by atoms with Crippen LogP contribution in [0.25, 0.3) is 88.0 Å². The van der Waals surface area contributed by atoms with Gasteiger partial charge in [0, 0.05) is 38.1 Å². The number of benzene rings is 9. The molecule has 0 spiro atoms. The lowest BCUT2D eigenvalue weighted by molar-refractivity contribution is 0.411. The lowest BCUT2D eigenvalue weighted by Gasteiger charge is -2.33. The number of hydrogen-bond donors (Lipinski definition) is 2. The molecule has 1 aliphatic heterocycles. The van der Waals surface area contributed by atoms with Crippen LogP contribution in [0, 0.1) is 0 Å². The molecule has 0 amide bonds. The van der Waals surface area contributed by atoms with Crippen molar-refractivity contribution in [1.82, 2.24) is 10.6 Å². The number of hydrogen-bond acceptors (Lipinski definition) is 5. The maximum atomic E-state index is 6.85. The van der Waals surface area contributed by atoms with E-state index in [9.17, 15) is 0 Å². The minimum absolute atomic E-state index is 0.327. The van der Waals surface area contributed by atoms with Gasteiger partial charge in [0.25, 0.3) is 0 Å². The molecule has 1 aliphatic rings. The highest BCUT2D eigenvalue weighted by molar-refractivity contribution is 6.18. The van der Waals surface area contributed by atoms with Gasteiger partial charge in [-0.3, -0.25) is 5.32 Å². The highest BCUT2D eigenvalue weighted by Crippen LogP contribution is 2.42. The van der Waals surface area contributed by atoms with Crippen LogP contribution in [-0.4, -0.2) is 5.84 Å². The number of rotatable bonds is 6. The van der Waals surface area contributed by atoms with Crippen molar-refractivity contribution >= 4 is 60.5 Å². The first-order chi connectivity index (χ1) is 29.7. The largest absolute Gasteiger partial charge is 0.456 e. The van der Waals surface area contributed by atoms with Gasteiger partial charge >= 0.3 is 0 Å². The van der Waals surface area contributed by atoms with Crippen molar-refractivity contribution in [3.05, 3.63) is 217 Å². The van der Waals surface area contributed by atoms with Crippen molar-refractivity contribution in [2.24, 2.45) is 4.99 Å². The van der Waals surface area contributed by atoms with Gasteiger partial charge in [-0.05, 0) is 92.9 Å². The molecular formula is C55H37N3O2. The molecule has 284 valence electrons. The van der Waals surface area contributed by atoms with Gasteiger partial charge in [-0.2, -0.15) is 0 Å². The minimum Gasteiger partial charge on any atom is -0.456 e. The standard InChI is InChI=1S/C55H37N3O2/c1-3-13-34(14-4-1)36-18-11-20-41(29-36)53-56-54(42-21-12-19-37(30-42)35-15-5-2-6-16-35)58-55(57-53)47-32-40-17-7-8-22-43(40)52-51(47)46-31-38(26-28-49(46)60-52)39-25-27-45-44-23-9-10-24-48(44)59-50(45)33-39/h1-33,53,55,57H,(H,56,58). The molecule has 3 heterocycles. The zero-order valence-corrected chi connectivity index (χ0v) is 32.5. The van der Waals surface area contributed by atoms with E-state index in [2.05, 4.69) is 199 Å². The predicted molar refractivity (Wildman–Crippen MR) is 246 cm³/mol. The van der Waals surface area contributed by atoms with Crippen LogP contribution < -0.4 is 10.6 Å². The van der Waals surface area contributed by atoms with Crippen molar-refractivity contribution < 1.29 is 8.83 Å². The maximum absolute atomic E-state index is 6.85. The van der Waals surface area contributed by atoms with Gasteiger partial charge in [0.15, 0.2) is 0 Å². The van der Waals surface area contributed by atoms with Crippen LogP contribution in [0.3, 0.4) is 0 Å². The van der Waals surface area contributed by atoms with E-state index in [0.29, 0.717) is 0 Å². The number of fused-ring (bicyclic) bond motifs is 8. The fourth-order valence-corrected chi connectivity index (χ4v) is 8.99. The number of aliphatic imine (C=N–C) groups is 1. The van der Waals surface area contributed by atoms with Gasteiger partial charge in [-0.25, -0.2) is 4.99 Å². The third-order valence-corrected chi connectivity index (χ3v) is 11.9. The van der Waals surface area contributed by atoms with Crippen molar-refractivity contribution in [3.8, 4) is 33.4 Å². The molecular weight excluding hydrogens is 735 g/mol. The van der Waals surface area contributed by atoms with Gasteiger partial charge in [0.2, 0.25) is 0 Å². The topological polar surface area (TPSA) is 62.7 Å². The van der Waals surface area contributed by atoms with E-state index in [-0.39, 0.29) is 12.3 Å². The summed E-state index contributed by atoms with van der Waals surface area (Å²) in [5.41, 5.74) is 13.4. The predicted octanol–water partition coefficient (Wildman–Crippen LogP) is 14.0. The van der Waals surface area contributed by atoms with Gasteiger partial charge in [-0.15, -0.1) is 0 Å². The van der Waals surface area contributed by atoms with Gasteiger partial charge < -0.3 is 14.2 Å². The van der Waals surface area contributed by atoms with Gasteiger partial charge in [0.1, 0.15) is 40.5 Å². The maximum Gasteiger partial charge on any atom is 0.143 e. The van der Waals surface area contributed by atoms with Crippen molar-refractivity contribution in [2.75, 3.05) is 0 Å². The molecule has 5 nitrogen and oxygen atoms in total. The summed E-state index contributed by atoms with van der Waals surface area (Å²) in [7, 11) is 0. The Morgan fingerprint density at radius 3 is 1.85 bits per heavy atom. The molecule has 0 fully saturated rings. The van der Waals surface area contributed by atoms with E-state index < -0.39 is 0 Å². The van der Waals surface area contributed by atoms with Crippen LogP contribution in [-0.2, 0) is 0 Å². The van der Waals surface area contributed by atoms with Crippen LogP contribution in [0.2, 0.25) is 0 Å². The average molecular weight is 772 g/mol. The molecule has 0 aliphatic carbocycles. The average Bonchev–Trinajstić information content (AvgIpc) is 3.90. The molecule has 5 heteroatoms. The first-order valence-corrected chi connectivity index (χ1v) is 20.4. The number of para-hydroxylation sites is 1. The van der Waals surface area contributed by atoms with E-state index in [4.69, 9.17) is 13.8 Å². The molecule has 12 rings (SSSR count).